The first-order valence-electron chi connectivity index (χ1n) is 3.80. The van der Waals surface area contributed by atoms with E-state index in [1.807, 2.05) is 5.38 Å². The summed E-state index contributed by atoms with van der Waals surface area (Å²) in [6.07, 6.45) is 0.0229. The van der Waals surface area contributed by atoms with E-state index in [4.69, 9.17) is 9.84 Å². The molecule has 0 fully saturated rings. The average Bonchev–Trinajstić information content (AvgIpc) is 2.48. The third-order valence-electron chi connectivity index (χ3n) is 2.02. The Morgan fingerprint density at radius 1 is 1.77 bits per heavy atom. The molecule has 70 valence electrons. The Balaban J connectivity index is 2.43. The number of carboxylic acids is 1. The summed E-state index contributed by atoms with van der Waals surface area (Å²) in [5.74, 6) is -0.911. The highest BCUT2D eigenvalue weighted by atomic mass is 79.9. The summed E-state index contributed by atoms with van der Waals surface area (Å²) in [5, 5.41) is 10.7. The summed E-state index contributed by atoms with van der Waals surface area (Å²) < 4.78 is 6.19. The minimum absolute atomic E-state index is 0.485. The molecule has 1 aliphatic heterocycles. The summed E-state index contributed by atoms with van der Waals surface area (Å²) in [6, 6.07) is 0. The van der Waals surface area contributed by atoms with Crippen molar-refractivity contribution < 1.29 is 14.6 Å². The molecule has 0 bridgehead atoms. The summed E-state index contributed by atoms with van der Waals surface area (Å²) in [7, 11) is 0. The van der Waals surface area contributed by atoms with Crippen LogP contribution in [0, 0.1) is 0 Å². The van der Waals surface area contributed by atoms with E-state index in [0.717, 1.165) is 21.3 Å². The molecule has 0 spiro atoms. The van der Waals surface area contributed by atoms with Crippen molar-refractivity contribution in [3.8, 4) is 0 Å². The van der Waals surface area contributed by atoms with Crippen molar-refractivity contribution in [2.45, 2.75) is 12.5 Å². The lowest BCUT2D eigenvalue weighted by Crippen LogP contribution is -2.21. The quantitative estimate of drug-likeness (QED) is 0.844. The van der Waals surface area contributed by atoms with Gasteiger partial charge in [-0.2, -0.15) is 0 Å². The maximum absolute atomic E-state index is 10.8. The maximum Gasteiger partial charge on any atom is 0.337 e. The Morgan fingerprint density at radius 3 is 3.23 bits per heavy atom. The fraction of sp³-hybridized carbons (Fsp3) is 0.375. The number of aliphatic carboxylic acids is 1. The van der Waals surface area contributed by atoms with Crippen LogP contribution >= 0.6 is 27.3 Å². The third-order valence-corrected chi connectivity index (χ3v) is 3.88. The predicted octanol–water partition coefficient (Wildman–Crippen LogP) is 2.21. The van der Waals surface area contributed by atoms with Gasteiger partial charge in [-0.1, -0.05) is 0 Å². The molecule has 0 amide bonds. The van der Waals surface area contributed by atoms with Crippen LogP contribution in [-0.2, 0) is 16.0 Å². The van der Waals surface area contributed by atoms with Crippen molar-refractivity contribution in [3.05, 3.63) is 20.3 Å². The zero-order valence-corrected chi connectivity index (χ0v) is 9.02. The summed E-state index contributed by atoms with van der Waals surface area (Å²) in [4.78, 5) is 10.8. The lowest BCUT2D eigenvalue weighted by atomic mass is 10.0. The van der Waals surface area contributed by atoms with E-state index >= 15 is 0 Å². The monoisotopic (exact) mass is 262 g/mol. The smallest absolute Gasteiger partial charge is 0.337 e. The van der Waals surface area contributed by atoms with Crippen LogP contribution in [0.5, 0.6) is 0 Å². The van der Waals surface area contributed by atoms with Crippen LogP contribution in [-0.4, -0.2) is 17.7 Å². The highest BCUT2D eigenvalue weighted by Gasteiger charge is 2.29. The van der Waals surface area contributed by atoms with Crippen molar-refractivity contribution in [2.75, 3.05) is 6.61 Å². The van der Waals surface area contributed by atoms with E-state index in [0.29, 0.717) is 6.61 Å². The number of rotatable bonds is 1. The fourth-order valence-corrected chi connectivity index (χ4v) is 2.97. The number of hydrogen-bond acceptors (Lipinski definition) is 3. The van der Waals surface area contributed by atoms with Crippen LogP contribution in [0.3, 0.4) is 0 Å². The molecular formula is C8H7BrO3S. The Kier molecular flexibility index (Phi) is 2.40. The van der Waals surface area contributed by atoms with E-state index in [-0.39, 0.29) is 0 Å². The van der Waals surface area contributed by atoms with Gasteiger partial charge in [0.1, 0.15) is 0 Å². The minimum Gasteiger partial charge on any atom is -0.479 e. The van der Waals surface area contributed by atoms with Crippen molar-refractivity contribution in [1.29, 1.82) is 0 Å². The van der Waals surface area contributed by atoms with Gasteiger partial charge in [0.15, 0.2) is 6.10 Å². The highest BCUT2D eigenvalue weighted by molar-refractivity contribution is 9.11. The van der Waals surface area contributed by atoms with E-state index in [1.54, 1.807) is 0 Å². The number of hydrogen-bond donors (Lipinski definition) is 1. The lowest BCUT2D eigenvalue weighted by molar-refractivity contribution is -0.151. The number of carbonyl (C=O) groups is 1. The number of halogens is 1. The molecular weight excluding hydrogens is 256 g/mol. The molecule has 0 aromatic carbocycles. The topological polar surface area (TPSA) is 46.5 Å². The molecule has 0 saturated carbocycles. The van der Waals surface area contributed by atoms with Crippen LogP contribution in [0.15, 0.2) is 9.17 Å². The molecule has 2 rings (SSSR count). The van der Waals surface area contributed by atoms with Gasteiger partial charge >= 0.3 is 5.97 Å². The molecule has 5 heteroatoms. The molecule has 1 N–H and O–H groups in total. The van der Waals surface area contributed by atoms with Crippen molar-refractivity contribution in [2.24, 2.45) is 0 Å². The van der Waals surface area contributed by atoms with Gasteiger partial charge < -0.3 is 9.84 Å². The fourth-order valence-electron chi connectivity index (χ4n) is 1.41. The minimum atomic E-state index is -0.911. The van der Waals surface area contributed by atoms with Gasteiger partial charge in [-0.25, -0.2) is 4.79 Å². The second-order valence-corrected chi connectivity index (χ2v) is 4.98. The second-order valence-electron chi connectivity index (χ2n) is 2.78. The number of thiophene rings is 1. The van der Waals surface area contributed by atoms with E-state index in [9.17, 15) is 4.79 Å². The number of fused-ring (bicyclic) bond motifs is 1. The SMILES string of the molecule is O=C(O)[C@H]1OCCc2c1csc2Br. The van der Waals surface area contributed by atoms with E-state index in [1.165, 1.54) is 11.3 Å². The van der Waals surface area contributed by atoms with Gasteiger partial charge in [0.25, 0.3) is 0 Å². The van der Waals surface area contributed by atoms with Crippen LogP contribution in [0.1, 0.15) is 17.2 Å². The molecule has 0 saturated heterocycles. The first-order chi connectivity index (χ1) is 6.20. The first-order valence-corrected chi connectivity index (χ1v) is 5.47. The van der Waals surface area contributed by atoms with Gasteiger partial charge in [0.2, 0.25) is 0 Å². The molecule has 0 radical (unpaired) electrons. The third kappa shape index (κ3) is 1.51. The molecule has 1 aromatic heterocycles. The molecule has 0 unspecified atom stereocenters. The van der Waals surface area contributed by atoms with E-state index < -0.39 is 12.1 Å². The maximum atomic E-state index is 10.8. The molecule has 3 nitrogen and oxygen atoms in total. The lowest BCUT2D eigenvalue weighted by Gasteiger charge is -2.19. The Hall–Kier alpha value is -0.390. The molecule has 1 aliphatic rings. The molecule has 2 heterocycles. The van der Waals surface area contributed by atoms with Crippen LogP contribution in [0.25, 0.3) is 0 Å². The Labute approximate surface area is 87.5 Å². The van der Waals surface area contributed by atoms with Gasteiger partial charge in [0, 0.05) is 5.56 Å². The zero-order valence-electron chi connectivity index (χ0n) is 6.62. The van der Waals surface area contributed by atoms with Crippen molar-refractivity contribution in [3.63, 3.8) is 0 Å². The summed E-state index contributed by atoms with van der Waals surface area (Å²) >= 11 is 4.91. The van der Waals surface area contributed by atoms with Crippen molar-refractivity contribution >= 4 is 33.2 Å². The van der Waals surface area contributed by atoms with Crippen LogP contribution in [0.4, 0.5) is 0 Å². The molecule has 1 aromatic rings. The van der Waals surface area contributed by atoms with Crippen LogP contribution in [0.2, 0.25) is 0 Å². The predicted molar refractivity (Wildman–Crippen MR) is 52.1 cm³/mol. The Morgan fingerprint density at radius 2 is 2.54 bits per heavy atom. The number of ether oxygens (including phenoxy) is 1. The van der Waals surface area contributed by atoms with Crippen molar-refractivity contribution in [1.82, 2.24) is 0 Å². The van der Waals surface area contributed by atoms with Gasteiger partial charge in [-0.3, -0.25) is 0 Å². The summed E-state index contributed by atoms with van der Waals surface area (Å²) in [6.45, 7) is 0.485. The van der Waals surface area contributed by atoms with Gasteiger partial charge in [-0.15, -0.1) is 11.3 Å². The van der Waals surface area contributed by atoms with Gasteiger partial charge in [-0.05, 0) is 33.3 Å². The normalized spacial score (nSPS) is 21.2. The average molecular weight is 263 g/mol. The molecule has 1 atom stereocenters. The van der Waals surface area contributed by atoms with E-state index in [2.05, 4.69) is 15.9 Å². The first kappa shape index (κ1) is 9.18. The second kappa shape index (κ2) is 3.40. The highest BCUT2D eigenvalue weighted by Crippen LogP contribution is 2.36. The zero-order chi connectivity index (χ0) is 9.42. The molecule has 0 aliphatic carbocycles. The molecule has 13 heavy (non-hydrogen) atoms. The standard InChI is InChI=1S/C8H7BrO3S/c9-7-4-1-2-12-6(8(10)11)5(4)3-13-7/h3,6H,1-2H2,(H,10,11)/t6-/m0/s1. The summed E-state index contributed by atoms with van der Waals surface area (Å²) in [5.41, 5.74) is 1.89. The number of carboxylic acid groups (broad SMARTS) is 1. The van der Waals surface area contributed by atoms with Gasteiger partial charge in [0.05, 0.1) is 10.4 Å². The largest absolute Gasteiger partial charge is 0.479 e. The van der Waals surface area contributed by atoms with Crippen LogP contribution < -0.4 is 0 Å². The Bertz CT molecular complexity index is 347.